The Morgan fingerprint density at radius 2 is 1.92 bits per heavy atom. The van der Waals surface area contributed by atoms with E-state index in [1.54, 1.807) is 13.8 Å². The van der Waals surface area contributed by atoms with Crippen LogP contribution in [0.4, 0.5) is 0 Å². The third kappa shape index (κ3) is 4.19. The number of aromatic amines is 1. The lowest BCUT2D eigenvalue weighted by Crippen LogP contribution is -2.17. The molecule has 1 aromatic carbocycles. The molecule has 3 rings (SSSR count). The first-order valence-electron chi connectivity index (χ1n) is 8.59. The molecule has 0 atom stereocenters. The van der Waals surface area contributed by atoms with E-state index >= 15 is 0 Å². The van der Waals surface area contributed by atoms with Crippen molar-refractivity contribution in [3.63, 3.8) is 0 Å². The Labute approximate surface area is 150 Å². The highest BCUT2D eigenvalue weighted by molar-refractivity contribution is 5.89. The van der Waals surface area contributed by atoms with Crippen molar-refractivity contribution in [2.75, 3.05) is 6.79 Å². The minimum atomic E-state index is -0.764. The van der Waals surface area contributed by atoms with Crippen LogP contribution in [0.3, 0.4) is 0 Å². The number of ether oxygens (including phenoxy) is 3. The Bertz CT molecular complexity index is 800. The van der Waals surface area contributed by atoms with Gasteiger partial charge in [-0.15, -0.1) is 0 Å². The second-order valence-corrected chi connectivity index (χ2v) is 6.40. The Hall–Kier alpha value is -2.90. The van der Waals surface area contributed by atoms with E-state index in [2.05, 4.69) is 15.4 Å². The number of carbonyl (C=O) groups excluding carboxylic acids is 2. The molecule has 0 saturated heterocycles. The normalized spacial score (nSPS) is 13.2. The molecule has 2 aromatic rings. The Balaban J connectivity index is 1.63. The molecular weight excluding hydrogens is 338 g/mol. The number of H-pyrrole nitrogens is 1. The van der Waals surface area contributed by atoms with E-state index in [1.165, 1.54) is 17.5 Å². The van der Waals surface area contributed by atoms with Gasteiger partial charge in [0.05, 0.1) is 5.92 Å². The number of hydrogen-bond donors (Lipinski definition) is 1. The molecule has 1 aliphatic rings. The largest absolute Gasteiger partial charge is 0.436 e. The molecule has 0 spiro atoms. The first kappa shape index (κ1) is 17.9. The zero-order chi connectivity index (χ0) is 18.5. The van der Waals surface area contributed by atoms with Gasteiger partial charge in [-0.3, -0.25) is 4.79 Å². The zero-order valence-electron chi connectivity index (χ0n) is 14.8. The molecule has 8 nitrogen and oxygen atoms in total. The number of hydrogen-bond acceptors (Lipinski definition) is 7. The van der Waals surface area contributed by atoms with Crippen LogP contribution in [-0.2, 0) is 27.1 Å². The smallest absolute Gasteiger partial charge is 0.365 e. The standard InChI is InChI=1S/C18H21N3O5/c1-11(2)17(22)24-10-25-18(23)15-16(20-21-19-15)26-14-8-7-12-5-3-4-6-13(12)9-14/h7-9,11H,3-6,10H2,1-2H3,(H,19,20,21). The molecule has 0 unspecified atom stereocenters. The van der Waals surface area contributed by atoms with E-state index in [0.29, 0.717) is 5.75 Å². The van der Waals surface area contributed by atoms with Crippen molar-refractivity contribution in [1.82, 2.24) is 15.4 Å². The number of nitrogens with zero attached hydrogens (tertiary/aromatic N) is 2. The minimum Gasteiger partial charge on any atom is -0.436 e. The molecule has 26 heavy (non-hydrogen) atoms. The fraction of sp³-hybridized carbons (Fsp3) is 0.444. The van der Waals surface area contributed by atoms with E-state index in [9.17, 15) is 9.59 Å². The average Bonchev–Trinajstić information content (AvgIpc) is 3.09. The van der Waals surface area contributed by atoms with Crippen molar-refractivity contribution in [1.29, 1.82) is 0 Å². The lowest BCUT2D eigenvalue weighted by atomic mass is 9.92. The van der Waals surface area contributed by atoms with Crippen molar-refractivity contribution in [2.24, 2.45) is 5.92 Å². The molecule has 0 saturated carbocycles. The summed E-state index contributed by atoms with van der Waals surface area (Å²) in [5.74, 6) is -0.920. The third-order valence-corrected chi connectivity index (χ3v) is 4.12. The van der Waals surface area contributed by atoms with Crippen molar-refractivity contribution >= 4 is 11.9 Å². The van der Waals surface area contributed by atoms with Gasteiger partial charge in [-0.05, 0) is 48.9 Å². The molecule has 8 heteroatoms. The number of rotatable bonds is 6. The minimum absolute atomic E-state index is 0.0148. The molecule has 1 aromatic heterocycles. The SMILES string of the molecule is CC(C)C(=O)OCOC(=O)c1[nH]nnc1Oc1ccc2c(c1)CCCC2. The number of aromatic nitrogens is 3. The molecule has 1 aliphatic carbocycles. The van der Waals surface area contributed by atoms with Gasteiger partial charge in [-0.25, -0.2) is 9.89 Å². The lowest BCUT2D eigenvalue weighted by molar-refractivity contribution is -0.155. The summed E-state index contributed by atoms with van der Waals surface area (Å²) in [7, 11) is 0. The summed E-state index contributed by atoms with van der Waals surface area (Å²) in [6, 6.07) is 5.84. The monoisotopic (exact) mass is 359 g/mol. The van der Waals surface area contributed by atoms with Gasteiger partial charge in [0.2, 0.25) is 12.5 Å². The fourth-order valence-corrected chi connectivity index (χ4v) is 2.69. The highest BCUT2D eigenvalue weighted by atomic mass is 16.7. The highest BCUT2D eigenvalue weighted by Gasteiger charge is 2.21. The number of fused-ring (bicyclic) bond motifs is 1. The summed E-state index contributed by atoms with van der Waals surface area (Å²) in [6.45, 7) is 2.90. The van der Waals surface area contributed by atoms with Gasteiger partial charge in [-0.2, -0.15) is 0 Å². The van der Waals surface area contributed by atoms with Gasteiger partial charge >= 0.3 is 11.9 Å². The van der Waals surface area contributed by atoms with Crippen LogP contribution in [0.15, 0.2) is 18.2 Å². The van der Waals surface area contributed by atoms with Gasteiger partial charge in [0, 0.05) is 0 Å². The number of aryl methyl sites for hydroxylation is 2. The van der Waals surface area contributed by atoms with Crippen molar-refractivity contribution in [3.8, 4) is 11.6 Å². The molecule has 138 valence electrons. The van der Waals surface area contributed by atoms with Gasteiger partial charge in [-0.1, -0.05) is 30.2 Å². The molecular formula is C18H21N3O5. The maximum atomic E-state index is 12.1. The first-order valence-corrected chi connectivity index (χ1v) is 8.59. The van der Waals surface area contributed by atoms with E-state index in [-0.39, 0.29) is 17.5 Å². The van der Waals surface area contributed by atoms with Crippen LogP contribution in [0.1, 0.15) is 48.3 Å². The fourth-order valence-electron chi connectivity index (χ4n) is 2.69. The van der Waals surface area contributed by atoms with Gasteiger partial charge in [0.25, 0.3) is 5.88 Å². The number of benzene rings is 1. The van der Waals surface area contributed by atoms with E-state index in [4.69, 9.17) is 14.2 Å². The molecule has 0 bridgehead atoms. The maximum absolute atomic E-state index is 12.1. The summed E-state index contributed by atoms with van der Waals surface area (Å²) >= 11 is 0. The van der Waals surface area contributed by atoms with Gasteiger partial charge in [0.1, 0.15) is 5.75 Å². The Morgan fingerprint density at radius 1 is 1.15 bits per heavy atom. The predicted octanol–water partition coefficient (Wildman–Crippen LogP) is 2.79. The summed E-state index contributed by atoms with van der Waals surface area (Å²) in [4.78, 5) is 23.5. The molecule has 0 radical (unpaired) electrons. The van der Waals surface area contributed by atoms with Crippen molar-refractivity contribution in [2.45, 2.75) is 39.5 Å². The number of nitrogens with one attached hydrogen (secondary N) is 1. The third-order valence-electron chi connectivity index (χ3n) is 4.12. The first-order chi connectivity index (χ1) is 12.5. The van der Waals surface area contributed by atoms with Crippen molar-refractivity contribution < 1.29 is 23.8 Å². The molecule has 0 fully saturated rings. The Kier molecular flexibility index (Phi) is 5.50. The quantitative estimate of drug-likeness (QED) is 0.625. The summed E-state index contributed by atoms with van der Waals surface area (Å²) in [5.41, 5.74) is 2.54. The second-order valence-electron chi connectivity index (χ2n) is 6.40. The highest BCUT2D eigenvalue weighted by Crippen LogP contribution is 2.28. The van der Waals surface area contributed by atoms with E-state index < -0.39 is 18.7 Å². The van der Waals surface area contributed by atoms with Crippen LogP contribution < -0.4 is 4.74 Å². The van der Waals surface area contributed by atoms with Crippen LogP contribution in [0.2, 0.25) is 0 Å². The molecule has 1 heterocycles. The molecule has 0 amide bonds. The van der Waals surface area contributed by atoms with Crippen LogP contribution >= 0.6 is 0 Å². The van der Waals surface area contributed by atoms with E-state index in [0.717, 1.165) is 19.3 Å². The zero-order valence-corrected chi connectivity index (χ0v) is 14.8. The predicted molar refractivity (Wildman–Crippen MR) is 90.8 cm³/mol. The number of esters is 2. The molecule has 0 aliphatic heterocycles. The summed E-state index contributed by atoms with van der Waals surface area (Å²) in [6.07, 6.45) is 4.45. The van der Waals surface area contributed by atoms with Gasteiger partial charge in [0.15, 0.2) is 0 Å². The van der Waals surface area contributed by atoms with Crippen molar-refractivity contribution in [3.05, 3.63) is 35.0 Å². The van der Waals surface area contributed by atoms with Crippen LogP contribution in [-0.4, -0.2) is 34.1 Å². The summed E-state index contributed by atoms with van der Waals surface area (Å²) < 4.78 is 15.4. The topological polar surface area (TPSA) is 103 Å². The number of carbonyl (C=O) groups is 2. The van der Waals surface area contributed by atoms with Crippen LogP contribution in [0.5, 0.6) is 11.6 Å². The second kappa shape index (κ2) is 7.99. The van der Waals surface area contributed by atoms with Gasteiger partial charge < -0.3 is 14.2 Å². The Morgan fingerprint density at radius 3 is 2.69 bits per heavy atom. The average molecular weight is 359 g/mol. The lowest BCUT2D eigenvalue weighted by Gasteiger charge is -2.16. The van der Waals surface area contributed by atoms with Crippen LogP contribution in [0.25, 0.3) is 0 Å². The molecule has 1 N–H and O–H groups in total. The summed E-state index contributed by atoms with van der Waals surface area (Å²) in [5, 5.41) is 9.82. The maximum Gasteiger partial charge on any atom is 0.365 e. The van der Waals surface area contributed by atoms with E-state index in [1.807, 2.05) is 18.2 Å². The van der Waals surface area contributed by atoms with Crippen LogP contribution in [0, 0.1) is 5.92 Å².